The fraction of sp³-hybridized carbons (Fsp3) is 0.130. The first-order valence-corrected chi connectivity index (χ1v) is 8.74. The molecule has 3 aromatic rings. The van der Waals surface area contributed by atoms with Crippen molar-refractivity contribution in [2.24, 2.45) is 0 Å². The molecule has 0 heterocycles. The summed E-state index contributed by atoms with van der Waals surface area (Å²) in [5.74, 6) is -0.726. The summed E-state index contributed by atoms with van der Waals surface area (Å²) in [6.07, 6.45) is 0.190. The van der Waals surface area contributed by atoms with Crippen LogP contribution in [0.15, 0.2) is 84.9 Å². The minimum atomic E-state index is -0.813. The number of carbonyl (C=O) groups is 2. The molecular formula is C23H21NO3. The second-order valence-corrected chi connectivity index (χ2v) is 6.17. The monoisotopic (exact) mass is 359 g/mol. The van der Waals surface area contributed by atoms with E-state index in [1.807, 2.05) is 72.8 Å². The lowest BCUT2D eigenvalue weighted by Gasteiger charge is -2.17. The van der Waals surface area contributed by atoms with Gasteiger partial charge in [0, 0.05) is 0 Å². The molecule has 0 fully saturated rings. The summed E-state index contributed by atoms with van der Waals surface area (Å²) >= 11 is 0. The topological polar surface area (TPSA) is 55.4 Å². The Bertz CT molecular complexity index is 890. The predicted molar refractivity (Wildman–Crippen MR) is 105 cm³/mol. The molecule has 4 heteroatoms. The van der Waals surface area contributed by atoms with E-state index in [9.17, 15) is 9.59 Å². The second-order valence-electron chi connectivity index (χ2n) is 6.17. The summed E-state index contributed by atoms with van der Waals surface area (Å²) in [7, 11) is 1.31. The summed E-state index contributed by atoms with van der Waals surface area (Å²) in [6, 6.07) is 26.2. The molecular weight excluding hydrogens is 338 g/mol. The van der Waals surface area contributed by atoms with Crippen molar-refractivity contribution in [1.82, 2.24) is 5.32 Å². The molecule has 1 unspecified atom stereocenters. The predicted octanol–water partition coefficient (Wildman–Crippen LogP) is 3.93. The van der Waals surface area contributed by atoms with Crippen LogP contribution in [0.4, 0.5) is 0 Å². The van der Waals surface area contributed by atoms with Gasteiger partial charge in [-0.2, -0.15) is 0 Å². The number of benzene rings is 3. The van der Waals surface area contributed by atoms with Crippen molar-refractivity contribution in [2.75, 3.05) is 7.11 Å². The Morgan fingerprint density at radius 1 is 0.815 bits per heavy atom. The van der Waals surface area contributed by atoms with Gasteiger partial charge in [-0.15, -0.1) is 0 Å². The highest BCUT2D eigenvalue weighted by atomic mass is 16.5. The van der Waals surface area contributed by atoms with Crippen molar-refractivity contribution in [2.45, 2.75) is 12.5 Å². The Balaban J connectivity index is 1.68. The van der Waals surface area contributed by atoms with E-state index >= 15 is 0 Å². The standard InChI is InChI=1S/C23H21NO3/c1-27-23(26)22(20-10-6-3-7-11-20)24-21(25)16-17-12-14-19(15-13-17)18-8-4-2-5-9-18/h2-15,22H,16H2,1H3,(H,24,25). The molecule has 0 saturated heterocycles. The zero-order valence-electron chi connectivity index (χ0n) is 15.1. The molecule has 3 rings (SSSR count). The molecule has 0 spiro atoms. The Morgan fingerprint density at radius 3 is 1.96 bits per heavy atom. The number of ether oxygens (including phenoxy) is 1. The SMILES string of the molecule is COC(=O)C(NC(=O)Cc1ccc(-c2ccccc2)cc1)c1ccccc1. The van der Waals surface area contributed by atoms with E-state index in [-0.39, 0.29) is 12.3 Å². The van der Waals surface area contributed by atoms with Gasteiger partial charge in [0.2, 0.25) is 5.91 Å². The van der Waals surface area contributed by atoms with Crippen molar-refractivity contribution in [3.05, 3.63) is 96.1 Å². The summed E-state index contributed by atoms with van der Waals surface area (Å²) in [4.78, 5) is 24.5. The number of nitrogens with one attached hydrogen (secondary N) is 1. The van der Waals surface area contributed by atoms with Crippen LogP contribution in [0, 0.1) is 0 Å². The van der Waals surface area contributed by atoms with E-state index in [0.717, 1.165) is 16.7 Å². The molecule has 0 aliphatic heterocycles. The third-order valence-corrected chi connectivity index (χ3v) is 4.30. The Hall–Kier alpha value is -3.40. The maximum absolute atomic E-state index is 12.5. The molecule has 0 aliphatic rings. The zero-order valence-corrected chi connectivity index (χ0v) is 15.1. The van der Waals surface area contributed by atoms with E-state index < -0.39 is 12.0 Å². The van der Waals surface area contributed by atoms with Crippen LogP contribution in [-0.4, -0.2) is 19.0 Å². The molecule has 0 saturated carbocycles. The number of carbonyl (C=O) groups excluding carboxylic acids is 2. The number of methoxy groups -OCH3 is 1. The fourth-order valence-electron chi connectivity index (χ4n) is 2.88. The molecule has 0 aromatic heterocycles. The van der Waals surface area contributed by atoms with Gasteiger partial charge >= 0.3 is 5.97 Å². The highest BCUT2D eigenvalue weighted by molar-refractivity contribution is 5.86. The zero-order chi connectivity index (χ0) is 19.1. The van der Waals surface area contributed by atoms with Crippen LogP contribution in [0.5, 0.6) is 0 Å². The molecule has 1 N–H and O–H groups in total. The summed E-state index contributed by atoms with van der Waals surface area (Å²) in [5.41, 5.74) is 3.79. The van der Waals surface area contributed by atoms with Gasteiger partial charge in [-0.05, 0) is 22.3 Å². The Labute approximate surface area is 158 Å². The molecule has 0 radical (unpaired) electrons. The van der Waals surface area contributed by atoms with Gasteiger partial charge in [-0.1, -0.05) is 84.9 Å². The minimum absolute atomic E-state index is 0.190. The summed E-state index contributed by atoms with van der Waals surface area (Å²) in [6.45, 7) is 0. The van der Waals surface area contributed by atoms with Gasteiger partial charge < -0.3 is 10.1 Å². The van der Waals surface area contributed by atoms with Gasteiger partial charge in [0.15, 0.2) is 6.04 Å². The molecule has 27 heavy (non-hydrogen) atoms. The van der Waals surface area contributed by atoms with Crippen LogP contribution in [0.25, 0.3) is 11.1 Å². The van der Waals surface area contributed by atoms with Crippen LogP contribution in [0.2, 0.25) is 0 Å². The van der Waals surface area contributed by atoms with E-state index in [1.54, 1.807) is 12.1 Å². The largest absolute Gasteiger partial charge is 0.467 e. The molecule has 4 nitrogen and oxygen atoms in total. The van der Waals surface area contributed by atoms with E-state index in [2.05, 4.69) is 5.32 Å². The van der Waals surface area contributed by atoms with Crippen molar-refractivity contribution in [1.29, 1.82) is 0 Å². The molecule has 136 valence electrons. The van der Waals surface area contributed by atoms with E-state index in [1.165, 1.54) is 7.11 Å². The average Bonchev–Trinajstić information content (AvgIpc) is 2.73. The van der Waals surface area contributed by atoms with Crippen LogP contribution in [-0.2, 0) is 20.7 Å². The van der Waals surface area contributed by atoms with Crippen molar-refractivity contribution < 1.29 is 14.3 Å². The number of amides is 1. The average molecular weight is 359 g/mol. The quantitative estimate of drug-likeness (QED) is 0.679. The maximum atomic E-state index is 12.5. The smallest absolute Gasteiger partial charge is 0.333 e. The highest BCUT2D eigenvalue weighted by Crippen LogP contribution is 2.20. The lowest BCUT2D eigenvalue weighted by Crippen LogP contribution is -2.35. The minimum Gasteiger partial charge on any atom is -0.467 e. The van der Waals surface area contributed by atoms with E-state index in [4.69, 9.17) is 4.74 Å². The van der Waals surface area contributed by atoms with Crippen molar-refractivity contribution >= 4 is 11.9 Å². The normalized spacial score (nSPS) is 11.4. The first kappa shape index (κ1) is 18.4. The van der Waals surface area contributed by atoms with E-state index in [0.29, 0.717) is 5.56 Å². The second kappa shape index (κ2) is 8.81. The fourth-order valence-corrected chi connectivity index (χ4v) is 2.88. The Kier molecular flexibility index (Phi) is 6.00. The Morgan fingerprint density at radius 2 is 1.37 bits per heavy atom. The third kappa shape index (κ3) is 4.82. The highest BCUT2D eigenvalue weighted by Gasteiger charge is 2.23. The van der Waals surface area contributed by atoms with Gasteiger partial charge in [-0.3, -0.25) is 4.79 Å². The van der Waals surface area contributed by atoms with Gasteiger partial charge in [0.05, 0.1) is 13.5 Å². The van der Waals surface area contributed by atoms with Crippen molar-refractivity contribution in [3.8, 4) is 11.1 Å². The van der Waals surface area contributed by atoms with Gasteiger partial charge in [0.25, 0.3) is 0 Å². The van der Waals surface area contributed by atoms with Crippen LogP contribution >= 0.6 is 0 Å². The number of hydrogen-bond acceptors (Lipinski definition) is 3. The first-order valence-electron chi connectivity index (χ1n) is 8.74. The third-order valence-electron chi connectivity index (χ3n) is 4.30. The number of esters is 1. The molecule has 1 amide bonds. The van der Waals surface area contributed by atoms with Crippen LogP contribution in [0.1, 0.15) is 17.2 Å². The number of hydrogen-bond donors (Lipinski definition) is 1. The van der Waals surface area contributed by atoms with Crippen LogP contribution < -0.4 is 5.32 Å². The van der Waals surface area contributed by atoms with Gasteiger partial charge in [-0.25, -0.2) is 4.79 Å². The lowest BCUT2D eigenvalue weighted by atomic mass is 10.0. The summed E-state index contributed by atoms with van der Waals surface area (Å²) in [5, 5.41) is 2.77. The lowest BCUT2D eigenvalue weighted by molar-refractivity contribution is -0.145. The van der Waals surface area contributed by atoms with Crippen LogP contribution in [0.3, 0.4) is 0 Å². The summed E-state index contributed by atoms with van der Waals surface area (Å²) < 4.78 is 4.83. The molecule has 3 aromatic carbocycles. The maximum Gasteiger partial charge on any atom is 0.333 e. The molecule has 0 aliphatic carbocycles. The van der Waals surface area contributed by atoms with Gasteiger partial charge in [0.1, 0.15) is 0 Å². The first-order chi connectivity index (χ1) is 13.2. The molecule has 0 bridgehead atoms. The number of rotatable bonds is 6. The van der Waals surface area contributed by atoms with Crippen molar-refractivity contribution in [3.63, 3.8) is 0 Å². The molecule has 1 atom stereocenters.